The van der Waals surface area contributed by atoms with Crippen molar-refractivity contribution in [3.05, 3.63) is 29.7 Å². The van der Waals surface area contributed by atoms with E-state index in [9.17, 15) is 0 Å². The number of fused-ring (bicyclic) bond motifs is 1. The third-order valence-corrected chi connectivity index (χ3v) is 2.29. The Kier molecular flexibility index (Phi) is 3.02. The minimum Gasteiger partial charge on any atom is -0.439 e. The number of aryl methyl sites for hydroxylation is 1. The normalized spacial score (nSPS) is 11.1. The van der Waals surface area contributed by atoms with Crippen molar-refractivity contribution in [2.75, 3.05) is 6.54 Å². The van der Waals surface area contributed by atoms with Gasteiger partial charge in [-0.1, -0.05) is 13.0 Å². The summed E-state index contributed by atoms with van der Waals surface area (Å²) in [5, 5.41) is 3.27. The Bertz CT molecular complexity index is 448. The number of oxazole rings is 1. The van der Waals surface area contributed by atoms with Gasteiger partial charge in [0.2, 0.25) is 5.89 Å². The van der Waals surface area contributed by atoms with Crippen LogP contribution in [0.2, 0.25) is 0 Å². The number of hydrogen-bond acceptors (Lipinski definition) is 3. The number of aromatic nitrogens is 1. The van der Waals surface area contributed by atoms with E-state index in [4.69, 9.17) is 4.42 Å². The van der Waals surface area contributed by atoms with E-state index >= 15 is 0 Å². The molecule has 0 aliphatic heterocycles. The molecule has 3 heteroatoms. The van der Waals surface area contributed by atoms with Crippen LogP contribution in [0.4, 0.5) is 0 Å². The van der Waals surface area contributed by atoms with E-state index in [1.54, 1.807) is 0 Å². The number of benzene rings is 1. The molecule has 15 heavy (non-hydrogen) atoms. The molecule has 80 valence electrons. The smallest absolute Gasteiger partial charge is 0.209 e. The molecule has 0 radical (unpaired) electrons. The average Bonchev–Trinajstić information content (AvgIpc) is 2.60. The molecule has 0 saturated heterocycles. The van der Waals surface area contributed by atoms with Crippen LogP contribution in [-0.2, 0) is 6.54 Å². The van der Waals surface area contributed by atoms with Crippen LogP contribution in [0.25, 0.3) is 11.1 Å². The average molecular weight is 204 g/mol. The Balaban J connectivity index is 2.16. The van der Waals surface area contributed by atoms with E-state index in [0.717, 1.165) is 30.0 Å². The molecule has 1 aromatic carbocycles. The van der Waals surface area contributed by atoms with Gasteiger partial charge in [0.05, 0.1) is 6.54 Å². The number of rotatable bonds is 4. The third kappa shape index (κ3) is 2.36. The van der Waals surface area contributed by atoms with Gasteiger partial charge in [-0.2, -0.15) is 0 Å². The lowest BCUT2D eigenvalue weighted by molar-refractivity contribution is 0.495. The first-order chi connectivity index (χ1) is 7.29. The van der Waals surface area contributed by atoms with Gasteiger partial charge in [-0.25, -0.2) is 4.98 Å². The van der Waals surface area contributed by atoms with Crippen LogP contribution in [0.5, 0.6) is 0 Å². The third-order valence-electron chi connectivity index (χ3n) is 2.29. The highest BCUT2D eigenvalue weighted by Gasteiger charge is 2.04. The molecule has 0 bridgehead atoms. The van der Waals surface area contributed by atoms with Gasteiger partial charge in [-0.15, -0.1) is 0 Å². The Labute approximate surface area is 89.5 Å². The fraction of sp³-hybridized carbons (Fsp3) is 0.417. The molecule has 0 aliphatic rings. The Morgan fingerprint density at radius 1 is 1.40 bits per heavy atom. The molecule has 0 saturated carbocycles. The zero-order valence-corrected chi connectivity index (χ0v) is 9.21. The lowest BCUT2D eigenvalue weighted by atomic mass is 10.2. The molecule has 0 aliphatic carbocycles. The maximum Gasteiger partial charge on any atom is 0.209 e. The summed E-state index contributed by atoms with van der Waals surface area (Å²) < 4.78 is 5.62. The highest BCUT2D eigenvalue weighted by atomic mass is 16.3. The van der Waals surface area contributed by atoms with E-state index in [1.165, 1.54) is 5.56 Å². The lowest BCUT2D eigenvalue weighted by Crippen LogP contribution is -2.13. The number of nitrogens with zero attached hydrogens (tertiary/aromatic N) is 1. The number of hydrogen-bond donors (Lipinski definition) is 1. The summed E-state index contributed by atoms with van der Waals surface area (Å²) in [7, 11) is 0. The predicted octanol–water partition coefficient (Wildman–Crippen LogP) is 2.64. The van der Waals surface area contributed by atoms with Crippen molar-refractivity contribution in [3.8, 4) is 0 Å². The molecule has 3 nitrogen and oxygen atoms in total. The van der Waals surface area contributed by atoms with E-state index in [-0.39, 0.29) is 0 Å². The van der Waals surface area contributed by atoms with Crippen molar-refractivity contribution in [1.82, 2.24) is 10.3 Å². The zero-order chi connectivity index (χ0) is 10.7. The minimum atomic E-state index is 0.710. The van der Waals surface area contributed by atoms with Gasteiger partial charge >= 0.3 is 0 Å². The molecule has 1 heterocycles. The second-order valence-corrected chi connectivity index (χ2v) is 3.76. The fourth-order valence-corrected chi connectivity index (χ4v) is 1.53. The Hall–Kier alpha value is -1.35. The predicted molar refractivity (Wildman–Crippen MR) is 60.7 cm³/mol. The molecule has 1 aromatic heterocycles. The summed E-state index contributed by atoms with van der Waals surface area (Å²) in [5.74, 6) is 0.768. The first-order valence-electron chi connectivity index (χ1n) is 5.36. The van der Waals surface area contributed by atoms with E-state index in [2.05, 4.69) is 24.1 Å². The van der Waals surface area contributed by atoms with Crippen LogP contribution in [0, 0.1) is 6.92 Å². The van der Waals surface area contributed by atoms with Gasteiger partial charge in [0, 0.05) is 0 Å². The van der Waals surface area contributed by atoms with Gasteiger partial charge in [-0.05, 0) is 37.6 Å². The maximum atomic E-state index is 5.62. The SMILES string of the molecule is CCCNCc1nc2ccc(C)cc2o1. The van der Waals surface area contributed by atoms with Gasteiger partial charge < -0.3 is 9.73 Å². The Morgan fingerprint density at radius 3 is 3.07 bits per heavy atom. The van der Waals surface area contributed by atoms with E-state index in [1.807, 2.05) is 18.2 Å². The largest absolute Gasteiger partial charge is 0.439 e. The van der Waals surface area contributed by atoms with Gasteiger partial charge in [0.25, 0.3) is 0 Å². The van der Waals surface area contributed by atoms with Crippen molar-refractivity contribution < 1.29 is 4.42 Å². The topological polar surface area (TPSA) is 38.1 Å². The lowest BCUT2D eigenvalue weighted by Gasteiger charge is -1.96. The highest BCUT2D eigenvalue weighted by Crippen LogP contribution is 2.16. The van der Waals surface area contributed by atoms with Crippen LogP contribution >= 0.6 is 0 Å². The van der Waals surface area contributed by atoms with Gasteiger partial charge in [-0.3, -0.25) is 0 Å². The molecule has 0 unspecified atom stereocenters. The molecule has 1 N–H and O–H groups in total. The molecule has 2 aromatic rings. The summed E-state index contributed by atoms with van der Waals surface area (Å²) in [4.78, 5) is 4.40. The quantitative estimate of drug-likeness (QED) is 0.778. The summed E-state index contributed by atoms with van der Waals surface area (Å²) in [5.41, 5.74) is 3.02. The first kappa shape index (κ1) is 10.2. The summed E-state index contributed by atoms with van der Waals surface area (Å²) in [6.45, 7) is 5.90. The first-order valence-corrected chi connectivity index (χ1v) is 5.36. The van der Waals surface area contributed by atoms with Crippen LogP contribution < -0.4 is 5.32 Å². The van der Waals surface area contributed by atoms with Crippen LogP contribution in [-0.4, -0.2) is 11.5 Å². The molecule has 0 spiro atoms. The Morgan fingerprint density at radius 2 is 2.27 bits per heavy atom. The van der Waals surface area contributed by atoms with Crippen LogP contribution in [0.3, 0.4) is 0 Å². The van der Waals surface area contributed by atoms with E-state index < -0.39 is 0 Å². The fourth-order valence-electron chi connectivity index (χ4n) is 1.53. The van der Waals surface area contributed by atoms with Crippen molar-refractivity contribution in [1.29, 1.82) is 0 Å². The molecular weight excluding hydrogens is 188 g/mol. The number of nitrogens with one attached hydrogen (secondary N) is 1. The van der Waals surface area contributed by atoms with Crippen LogP contribution in [0.1, 0.15) is 24.8 Å². The van der Waals surface area contributed by atoms with Crippen molar-refractivity contribution in [2.45, 2.75) is 26.8 Å². The monoisotopic (exact) mass is 204 g/mol. The van der Waals surface area contributed by atoms with Gasteiger partial charge in [0.1, 0.15) is 5.52 Å². The van der Waals surface area contributed by atoms with Crippen molar-refractivity contribution in [2.24, 2.45) is 0 Å². The summed E-state index contributed by atoms with van der Waals surface area (Å²) in [6.07, 6.45) is 1.12. The standard InChI is InChI=1S/C12H16N2O/c1-3-6-13-8-12-14-10-5-4-9(2)7-11(10)15-12/h4-5,7,13H,3,6,8H2,1-2H3. The second kappa shape index (κ2) is 4.45. The molecule has 0 amide bonds. The van der Waals surface area contributed by atoms with E-state index in [0.29, 0.717) is 6.54 Å². The maximum absolute atomic E-state index is 5.62. The minimum absolute atomic E-state index is 0.710. The molecule has 0 fully saturated rings. The molecule has 0 atom stereocenters. The zero-order valence-electron chi connectivity index (χ0n) is 9.21. The summed E-state index contributed by atoms with van der Waals surface area (Å²) in [6, 6.07) is 6.07. The second-order valence-electron chi connectivity index (χ2n) is 3.76. The van der Waals surface area contributed by atoms with Gasteiger partial charge in [0.15, 0.2) is 5.58 Å². The van der Waals surface area contributed by atoms with Crippen molar-refractivity contribution in [3.63, 3.8) is 0 Å². The van der Waals surface area contributed by atoms with Crippen LogP contribution in [0.15, 0.2) is 22.6 Å². The highest BCUT2D eigenvalue weighted by molar-refractivity contribution is 5.73. The summed E-state index contributed by atoms with van der Waals surface area (Å²) >= 11 is 0. The molecule has 2 rings (SSSR count). The van der Waals surface area contributed by atoms with Crippen molar-refractivity contribution >= 4 is 11.1 Å². The molecular formula is C12H16N2O.